The van der Waals surface area contributed by atoms with E-state index in [1.807, 2.05) is 48.5 Å². The summed E-state index contributed by atoms with van der Waals surface area (Å²) in [6, 6.07) is 18.3. The van der Waals surface area contributed by atoms with Crippen LogP contribution in [0.25, 0.3) is 28.6 Å². The van der Waals surface area contributed by atoms with Crippen LogP contribution < -0.4 is 5.32 Å². The second-order valence-corrected chi connectivity index (χ2v) is 7.80. The zero-order chi connectivity index (χ0) is 23.2. The summed E-state index contributed by atoms with van der Waals surface area (Å²) in [6.07, 6.45) is -1.23. The number of hydrogen-bond donors (Lipinski definition) is 1. The van der Waals surface area contributed by atoms with Gasteiger partial charge in [0.25, 0.3) is 5.91 Å². The van der Waals surface area contributed by atoms with Crippen molar-refractivity contribution < 1.29 is 18.0 Å². The van der Waals surface area contributed by atoms with E-state index < -0.39 is 11.7 Å². The molecule has 1 N–H and O–H groups in total. The molecule has 0 bridgehead atoms. The quantitative estimate of drug-likeness (QED) is 0.371. The summed E-state index contributed by atoms with van der Waals surface area (Å²) in [7, 11) is 0. The van der Waals surface area contributed by atoms with Crippen LogP contribution in [-0.2, 0) is 11.0 Å². The summed E-state index contributed by atoms with van der Waals surface area (Å²) in [5, 5.41) is 10.5. The van der Waals surface area contributed by atoms with Crippen LogP contribution in [0, 0.1) is 0 Å². The Morgan fingerprint density at radius 3 is 2.52 bits per heavy atom. The van der Waals surface area contributed by atoms with Gasteiger partial charge >= 0.3 is 6.18 Å². The first-order valence-electron chi connectivity index (χ1n) is 9.82. The minimum absolute atomic E-state index is 0.163. The molecule has 1 aliphatic rings. The third-order valence-corrected chi connectivity index (χ3v) is 5.57. The number of halogens is 4. The van der Waals surface area contributed by atoms with E-state index in [0.717, 1.165) is 28.4 Å². The molecule has 0 fully saturated rings. The van der Waals surface area contributed by atoms with Crippen LogP contribution in [0.15, 0.2) is 72.9 Å². The van der Waals surface area contributed by atoms with E-state index >= 15 is 0 Å². The molecule has 0 spiro atoms. The Morgan fingerprint density at radius 1 is 1.00 bits per heavy atom. The first-order chi connectivity index (χ1) is 15.8. The Balaban J connectivity index is 1.41. The van der Waals surface area contributed by atoms with Gasteiger partial charge in [-0.1, -0.05) is 59.3 Å². The van der Waals surface area contributed by atoms with Gasteiger partial charge in [-0.25, -0.2) is 4.68 Å². The molecule has 0 saturated carbocycles. The van der Waals surface area contributed by atoms with Crippen LogP contribution in [0.2, 0.25) is 5.02 Å². The lowest BCUT2D eigenvalue weighted by atomic mass is 10.0. The second-order valence-electron chi connectivity index (χ2n) is 7.39. The number of carbonyl (C=O) groups excluding carboxylic acids is 1. The summed E-state index contributed by atoms with van der Waals surface area (Å²) >= 11 is 5.69. The number of carbonyl (C=O) groups is 1. The Morgan fingerprint density at radius 2 is 1.76 bits per heavy atom. The number of amides is 1. The van der Waals surface area contributed by atoms with Gasteiger partial charge in [-0.05, 0) is 35.9 Å². The van der Waals surface area contributed by atoms with Crippen LogP contribution in [0.4, 0.5) is 18.9 Å². The molecule has 2 heterocycles. The highest BCUT2D eigenvalue weighted by atomic mass is 35.5. The van der Waals surface area contributed by atoms with Gasteiger partial charge in [-0.2, -0.15) is 13.2 Å². The Bertz CT molecular complexity index is 1410. The van der Waals surface area contributed by atoms with Gasteiger partial charge in [0.15, 0.2) is 0 Å². The lowest BCUT2D eigenvalue weighted by Gasteiger charge is -2.10. The predicted octanol–water partition coefficient (Wildman–Crippen LogP) is 6.10. The molecule has 3 aromatic carbocycles. The Labute approximate surface area is 191 Å². The van der Waals surface area contributed by atoms with Gasteiger partial charge in [0.05, 0.1) is 22.5 Å². The predicted molar refractivity (Wildman–Crippen MR) is 120 cm³/mol. The van der Waals surface area contributed by atoms with Crippen molar-refractivity contribution in [2.45, 2.75) is 6.18 Å². The van der Waals surface area contributed by atoms with Crippen molar-refractivity contribution >= 4 is 34.8 Å². The van der Waals surface area contributed by atoms with Crippen molar-refractivity contribution in [1.82, 2.24) is 15.0 Å². The number of aromatic nitrogens is 3. The first-order valence-corrected chi connectivity index (χ1v) is 10.2. The molecule has 1 aromatic heterocycles. The van der Waals surface area contributed by atoms with Gasteiger partial charge in [-0.3, -0.25) is 4.79 Å². The average molecular weight is 467 g/mol. The summed E-state index contributed by atoms with van der Waals surface area (Å²) < 4.78 is 40.7. The third kappa shape index (κ3) is 4.01. The number of hydrogen-bond acceptors (Lipinski definition) is 3. The van der Waals surface area contributed by atoms with Gasteiger partial charge in [0, 0.05) is 22.4 Å². The van der Waals surface area contributed by atoms with Crippen LogP contribution in [0.3, 0.4) is 0 Å². The zero-order valence-electron chi connectivity index (χ0n) is 16.8. The number of para-hydroxylation sites is 1. The maximum atomic E-state index is 13.1. The van der Waals surface area contributed by atoms with Crippen molar-refractivity contribution in [2.24, 2.45) is 0 Å². The van der Waals surface area contributed by atoms with E-state index in [1.54, 1.807) is 6.08 Å². The van der Waals surface area contributed by atoms with Crippen LogP contribution in [0.1, 0.15) is 16.7 Å². The highest BCUT2D eigenvalue weighted by Crippen LogP contribution is 2.36. The zero-order valence-corrected chi connectivity index (χ0v) is 17.5. The van der Waals surface area contributed by atoms with E-state index in [2.05, 4.69) is 15.6 Å². The van der Waals surface area contributed by atoms with Gasteiger partial charge in [-0.15, -0.1) is 5.10 Å². The second kappa shape index (κ2) is 7.90. The molecule has 0 saturated heterocycles. The van der Waals surface area contributed by atoms with E-state index in [-0.39, 0.29) is 16.6 Å². The van der Waals surface area contributed by atoms with Crippen LogP contribution >= 0.6 is 11.6 Å². The van der Waals surface area contributed by atoms with E-state index in [0.29, 0.717) is 11.3 Å². The number of nitrogens with one attached hydrogen (secondary N) is 1. The molecule has 164 valence electrons. The standard InChI is InChI=1S/C24H14ClF3N4O/c25-20-10-9-16(12-19(20)24(26,27)28)32-13-22(30-31-32)15-7-5-14(6-8-15)11-18-17-3-1-2-4-21(17)29-23(18)33/h1-13H,(H,29,33). The van der Waals surface area contributed by atoms with Gasteiger partial charge < -0.3 is 5.32 Å². The molecule has 0 unspecified atom stereocenters. The summed E-state index contributed by atoms with van der Waals surface area (Å²) in [4.78, 5) is 12.3. The van der Waals surface area contributed by atoms with Crippen molar-refractivity contribution in [3.05, 3.63) is 94.6 Å². The summed E-state index contributed by atoms with van der Waals surface area (Å²) in [5.41, 5.74) is 3.49. The number of fused-ring (bicyclic) bond motifs is 1. The minimum atomic E-state index is -4.57. The fourth-order valence-corrected chi connectivity index (χ4v) is 3.82. The molecule has 0 aliphatic carbocycles. The molecule has 9 heteroatoms. The Hall–Kier alpha value is -3.91. The molecular formula is C24H14ClF3N4O. The largest absolute Gasteiger partial charge is 0.417 e. The lowest BCUT2D eigenvalue weighted by molar-refractivity contribution is -0.137. The summed E-state index contributed by atoms with van der Waals surface area (Å²) in [6.45, 7) is 0. The van der Waals surface area contributed by atoms with Crippen LogP contribution in [-0.4, -0.2) is 20.9 Å². The molecular weight excluding hydrogens is 453 g/mol. The van der Waals surface area contributed by atoms with E-state index in [9.17, 15) is 18.0 Å². The molecule has 0 radical (unpaired) electrons. The van der Waals surface area contributed by atoms with Gasteiger partial charge in [0.1, 0.15) is 5.69 Å². The van der Waals surface area contributed by atoms with E-state index in [4.69, 9.17) is 11.6 Å². The number of alkyl halides is 3. The number of anilines is 1. The molecule has 33 heavy (non-hydrogen) atoms. The fraction of sp³-hybridized carbons (Fsp3) is 0.0417. The fourth-order valence-electron chi connectivity index (χ4n) is 3.59. The lowest BCUT2D eigenvalue weighted by Crippen LogP contribution is -2.07. The maximum Gasteiger partial charge on any atom is 0.417 e. The summed E-state index contributed by atoms with van der Waals surface area (Å²) in [5.74, 6) is -0.163. The topological polar surface area (TPSA) is 59.8 Å². The van der Waals surface area contributed by atoms with Crippen molar-refractivity contribution in [2.75, 3.05) is 5.32 Å². The normalized spacial score (nSPS) is 14.4. The highest BCUT2D eigenvalue weighted by molar-refractivity contribution is 6.34. The van der Waals surface area contributed by atoms with Gasteiger partial charge in [0.2, 0.25) is 0 Å². The van der Waals surface area contributed by atoms with E-state index in [1.165, 1.54) is 23.0 Å². The van der Waals surface area contributed by atoms with Crippen molar-refractivity contribution in [1.29, 1.82) is 0 Å². The number of rotatable bonds is 3. The number of nitrogens with zero attached hydrogens (tertiary/aromatic N) is 3. The minimum Gasteiger partial charge on any atom is -0.321 e. The SMILES string of the molecule is O=C1Nc2ccccc2C1=Cc1ccc(-c2cn(-c3ccc(Cl)c(C(F)(F)F)c3)nn2)cc1. The molecule has 1 amide bonds. The molecule has 1 aliphatic heterocycles. The van der Waals surface area contributed by atoms with Crippen molar-refractivity contribution in [3.8, 4) is 16.9 Å². The van der Waals surface area contributed by atoms with Crippen LogP contribution in [0.5, 0.6) is 0 Å². The molecule has 4 aromatic rings. The molecule has 5 nitrogen and oxygen atoms in total. The maximum absolute atomic E-state index is 13.1. The number of benzene rings is 3. The average Bonchev–Trinajstić information content (AvgIpc) is 3.39. The smallest absolute Gasteiger partial charge is 0.321 e. The first kappa shape index (κ1) is 21.0. The molecule has 0 atom stereocenters. The highest BCUT2D eigenvalue weighted by Gasteiger charge is 2.33. The third-order valence-electron chi connectivity index (χ3n) is 5.24. The van der Waals surface area contributed by atoms with Crippen molar-refractivity contribution in [3.63, 3.8) is 0 Å². The monoisotopic (exact) mass is 466 g/mol. The Kier molecular flexibility index (Phi) is 5.02. The molecule has 5 rings (SSSR count).